The molecule has 62 valence electrons. The van der Waals surface area contributed by atoms with Crippen molar-refractivity contribution in [3.63, 3.8) is 0 Å². The highest BCUT2D eigenvalue weighted by molar-refractivity contribution is 5.20. The lowest BCUT2D eigenvalue weighted by atomic mass is 10.1. The standard InChI is InChI=1S/C10H17N/c1-4-6-7-10(5-2)8-9-11-3/h4-7,11H,1,8-9H2,2-3H3/b7-6-,10-5+. The molecule has 0 saturated heterocycles. The zero-order chi connectivity index (χ0) is 8.53. The van der Waals surface area contributed by atoms with E-state index < -0.39 is 0 Å². The Hall–Kier alpha value is -0.820. The van der Waals surface area contributed by atoms with Crippen LogP contribution in [-0.4, -0.2) is 13.6 Å². The summed E-state index contributed by atoms with van der Waals surface area (Å²) < 4.78 is 0. The molecule has 0 heterocycles. The molecule has 0 radical (unpaired) electrons. The van der Waals surface area contributed by atoms with Crippen molar-refractivity contribution in [1.29, 1.82) is 0 Å². The van der Waals surface area contributed by atoms with Crippen LogP contribution in [0.4, 0.5) is 0 Å². The minimum Gasteiger partial charge on any atom is -0.319 e. The van der Waals surface area contributed by atoms with Gasteiger partial charge in [0, 0.05) is 0 Å². The van der Waals surface area contributed by atoms with Crippen molar-refractivity contribution < 1.29 is 0 Å². The van der Waals surface area contributed by atoms with E-state index in [1.54, 1.807) is 6.08 Å². The molecule has 1 heteroatoms. The van der Waals surface area contributed by atoms with Crippen molar-refractivity contribution >= 4 is 0 Å². The van der Waals surface area contributed by atoms with Crippen molar-refractivity contribution in [2.24, 2.45) is 0 Å². The van der Waals surface area contributed by atoms with Crippen LogP contribution < -0.4 is 5.32 Å². The van der Waals surface area contributed by atoms with Crippen LogP contribution in [0.3, 0.4) is 0 Å². The molecule has 0 atom stereocenters. The van der Waals surface area contributed by atoms with Crippen LogP contribution in [0.15, 0.2) is 36.5 Å². The van der Waals surface area contributed by atoms with E-state index in [1.165, 1.54) is 5.57 Å². The zero-order valence-electron chi connectivity index (χ0n) is 7.43. The Bertz CT molecular complexity index is 154. The van der Waals surface area contributed by atoms with Gasteiger partial charge in [-0.25, -0.2) is 0 Å². The molecular formula is C10H17N. The fourth-order valence-corrected chi connectivity index (χ4v) is 0.785. The summed E-state index contributed by atoms with van der Waals surface area (Å²) in [5.74, 6) is 0. The fourth-order valence-electron chi connectivity index (χ4n) is 0.785. The van der Waals surface area contributed by atoms with Gasteiger partial charge in [0.05, 0.1) is 0 Å². The number of allylic oxidation sites excluding steroid dienone is 4. The second kappa shape index (κ2) is 7.29. The molecule has 11 heavy (non-hydrogen) atoms. The lowest BCUT2D eigenvalue weighted by Gasteiger charge is -1.98. The highest BCUT2D eigenvalue weighted by atomic mass is 14.8. The van der Waals surface area contributed by atoms with Gasteiger partial charge >= 0.3 is 0 Å². The summed E-state index contributed by atoms with van der Waals surface area (Å²) in [5.41, 5.74) is 1.35. The Morgan fingerprint density at radius 1 is 1.55 bits per heavy atom. The first-order valence-electron chi connectivity index (χ1n) is 3.94. The largest absolute Gasteiger partial charge is 0.319 e. The molecule has 0 amide bonds. The second-order valence-corrected chi connectivity index (χ2v) is 2.31. The van der Waals surface area contributed by atoms with E-state index in [0.717, 1.165) is 13.0 Å². The van der Waals surface area contributed by atoms with Crippen molar-refractivity contribution in [3.8, 4) is 0 Å². The molecule has 0 aliphatic heterocycles. The topological polar surface area (TPSA) is 12.0 Å². The molecule has 0 rings (SSSR count). The highest BCUT2D eigenvalue weighted by Crippen LogP contribution is 2.01. The molecule has 0 fully saturated rings. The SMILES string of the molecule is C=C/C=C\C(=C/C)CCNC. The number of hydrogen-bond acceptors (Lipinski definition) is 1. The monoisotopic (exact) mass is 151 g/mol. The Balaban J connectivity index is 3.77. The average Bonchev–Trinajstić information content (AvgIpc) is 2.05. The summed E-state index contributed by atoms with van der Waals surface area (Å²) in [4.78, 5) is 0. The Morgan fingerprint density at radius 2 is 2.27 bits per heavy atom. The Kier molecular flexibility index (Phi) is 6.75. The summed E-state index contributed by atoms with van der Waals surface area (Å²) in [6.45, 7) is 6.70. The lowest BCUT2D eigenvalue weighted by molar-refractivity contribution is 0.793. The third-order valence-electron chi connectivity index (χ3n) is 1.48. The van der Waals surface area contributed by atoms with Gasteiger partial charge < -0.3 is 5.32 Å². The summed E-state index contributed by atoms with van der Waals surface area (Å²) in [7, 11) is 1.96. The van der Waals surface area contributed by atoms with Crippen molar-refractivity contribution in [3.05, 3.63) is 36.5 Å². The molecule has 0 spiro atoms. The molecule has 0 saturated carbocycles. The van der Waals surface area contributed by atoms with Crippen molar-refractivity contribution in [1.82, 2.24) is 5.32 Å². The molecule has 0 aromatic rings. The van der Waals surface area contributed by atoms with E-state index in [2.05, 4.69) is 31.0 Å². The zero-order valence-corrected chi connectivity index (χ0v) is 7.43. The van der Waals surface area contributed by atoms with Gasteiger partial charge in [0.1, 0.15) is 0 Å². The summed E-state index contributed by atoms with van der Waals surface area (Å²) in [5, 5.41) is 3.11. The summed E-state index contributed by atoms with van der Waals surface area (Å²) in [6, 6.07) is 0. The minimum absolute atomic E-state index is 1.03. The molecule has 0 unspecified atom stereocenters. The molecule has 0 bridgehead atoms. The van der Waals surface area contributed by atoms with Gasteiger partial charge in [0.2, 0.25) is 0 Å². The van der Waals surface area contributed by atoms with Crippen LogP contribution in [0.5, 0.6) is 0 Å². The maximum atomic E-state index is 3.62. The van der Waals surface area contributed by atoms with Crippen LogP contribution in [0, 0.1) is 0 Å². The number of nitrogens with one attached hydrogen (secondary N) is 1. The maximum Gasteiger partial charge on any atom is -0.00115 e. The van der Waals surface area contributed by atoms with E-state index in [0.29, 0.717) is 0 Å². The average molecular weight is 151 g/mol. The normalized spacial score (nSPS) is 12.4. The first-order chi connectivity index (χ1) is 5.35. The Morgan fingerprint density at radius 3 is 2.73 bits per heavy atom. The smallest absolute Gasteiger partial charge is 0.00115 e. The molecule has 0 aliphatic carbocycles. The van der Waals surface area contributed by atoms with Crippen molar-refractivity contribution in [2.45, 2.75) is 13.3 Å². The van der Waals surface area contributed by atoms with E-state index in [9.17, 15) is 0 Å². The minimum atomic E-state index is 1.03. The summed E-state index contributed by atoms with van der Waals surface area (Å²) >= 11 is 0. The molecule has 0 aliphatic rings. The molecule has 1 N–H and O–H groups in total. The van der Waals surface area contributed by atoms with Gasteiger partial charge in [-0.2, -0.15) is 0 Å². The molecular weight excluding hydrogens is 134 g/mol. The first kappa shape index (κ1) is 10.2. The Labute approximate surface area is 69.5 Å². The van der Waals surface area contributed by atoms with Crippen LogP contribution >= 0.6 is 0 Å². The van der Waals surface area contributed by atoms with Gasteiger partial charge in [0.25, 0.3) is 0 Å². The van der Waals surface area contributed by atoms with Crippen LogP contribution in [-0.2, 0) is 0 Å². The predicted octanol–water partition coefficient (Wildman–Crippen LogP) is 2.28. The van der Waals surface area contributed by atoms with Crippen molar-refractivity contribution in [2.75, 3.05) is 13.6 Å². The quantitative estimate of drug-likeness (QED) is 0.594. The molecule has 0 aromatic carbocycles. The van der Waals surface area contributed by atoms with Crippen LogP contribution in [0.1, 0.15) is 13.3 Å². The third kappa shape index (κ3) is 5.62. The summed E-state index contributed by atoms with van der Waals surface area (Å²) in [6.07, 6.45) is 9.05. The van der Waals surface area contributed by atoms with E-state index in [-0.39, 0.29) is 0 Å². The van der Waals surface area contributed by atoms with Gasteiger partial charge in [-0.15, -0.1) is 0 Å². The van der Waals surface area contributed by atoms with E-state index >= 15 is 0 Å². The lowest BCUT2D eigenvalue weighted by Crippen LogP contribution is -2.07. The second-order valence-electron chi connectivity index (χ2n) is 2.31. The van der Waals surface area contributed by atoms with Gasteiger partial charge in [0.15, 0.2) is 0 Å². The number of hydrogen-bond donors (Lipinski definition) is 1. The van der Waals surface area contributed by atoms with Gasteiger partial charge in [-0.05, 0) is 26.9 Å². The fraction of sp³-hybridized carbons (Fsp3) is 0.400. The maximum absolute atomic E-state index is 3.62. The predicted molar refractivity (Wildman–Crippen MR) is 51.6 cm³/mol. The number of rotatable bonds is 5. The highest BCUT2D eigenvalue weighted by Gasteiger charge is 1.87. The van der Waals surface area contributed by atoms with Crippen LogP contribution in [0.2, 0.25) is 0 Å². The first-order valence-corrected chi connectivity index (χ1v) is 3.94. The van der Waals surface area contributed by atoms with Crippen LogP contribution in [0.25, 0.3) is 0 Å². The molecule has 1 nitrogen and oxygen atoms in total. The third-order valence-corrected chi connectivity index (χ3v) is 1.48. The van der Waals surface area contributed by atoms with E-state index in [1.807, 2.05) is 13.1 Å². The molecule has 0 aromatic heterocycles. The van der Waals surface area contributed by atoms with Gasteiger partial charge in [-0.1, -0.05) is 36.5 Å². The van der Waals surface area contributed by atoms with E-state index in [4.69, 9.17) is 0 Å². The van der Waals surface area contributed by atoms with Gasteiger partial charge in [-0.3, -0.25) is 0 Å².